The Morgan fingerprint density at radius 3 is 3.00 bits per heavy atom. The Morgan fingerprint density at radius 2 is 2.29 bits per heavy atom. The molecule has 0 fully saturated rings. The van der Waals surface area contributed by atoms with E-state index in [-0.39, 0.29) is 23.3 Å². The van der Waals surface area contributed by atoms with E-state index in [0.717, 1.165) is 5.69 Å². The molecule has 17 heavy (non-hydrogen) atoms. The van der Waals surface area contributed by atoms with Gasteiger partial charge in [0.25, 0.3) is 0 Å². The number of rotatable bonds is 3. The maximum absolute atomic E-state index is 11.8. The van der Waals surface area contributed by atoms with E-state index in [4.69, 9.17) is 10.5 Å². The van der Waals surface area contributed by atoms with Crippen molar-refractivity contribution in [2.45, 2.75) is 17.9 Å². The second-order valence-corrected chi connectivity index (χ2v) is 6.18. The molecule has 0 spiro atoms. The summed E-state index contributed by atoms with van der Waals surface area (Å²) in [7, 11) is -3.28. The highest BCUT2D eigenvalue weighted by Crippen LogP contribution is 2.31. The number of ether oxygens (including phenoxy) is 1. The van der Waals surface area contributed by atoms with Gasteiger partial charge in [0.2, 0.25) is 0 Å². The van der Waals surface area contributed by atoms with Gasteiger partial charge in [-0.1, -0.05) is 0 Å². The summed E-state index contributed by atoms with van der Waals surface area (Å²) in [5, 5.41) is 3.15. The fourth-order valence-corrected chi connectivity index (χ4v) is 2.85. The van der Waals surface area contributed by atoms with E-state index in [9.17, 15) is 8.42 Å². The van der Waals surface area contributed by atoms with Crippen LogP contribution in [-0.2, 0) is 9.84 Å². The zero-order valence-corrected chi connectivity index (χ0v) is 10.5. The molecule has 0 saturated heterocycles. The molecule has 1 atom stereocenters. The maximum atomic E-state index is 11.8. The number of nitrogens with two attached hydrogens (primary N) is 1. The summed E-state index contributed by atoms with van der Waals surface area (Å²) in [5.41, 5.74) is 6.01. The minimum Gasteiger partial charge on any atom is -0.487 e. The molecule has 94 valence electrons. The Balaban J connectivity index is 2.34. The van der Waals surface area contributed by atoms with E-state index in [1.54, 1.807) is 18.2 Å². The molecule has 1 unspecified atom stereocenters. The Kier molecular flexibility index (Phi) is 3.26. The van der Waals surface area contributed by atoms with E-state index in [0.29, 0.717) is 12.3 Å². The second-order valence-electron chi connectivity index (χ2n) is 4.07. The van der Waals surface area contributed by atoms with Crippen molar-refractivity contribution < 1.29 is 13.2 Å². The van der Waals surface area contributed by atoms with Crippen LogP contribution in [0.15, 0.2) is 23.1 Å². The van der Waals surface area contributed by atoms with Crippen LogP contribution in [0.2, 0.25) is 0 Å². The van der Waals surface area contributed by atoms with Crippen molar-refractivity contribution in [1.82, 2.24) is 0 Å². The van der Waals surface area contributed by atoms with Crippen LogP contribution in [0.4, 0.5) is 5.69 Å². The van der Waals surface area contributed by atoms with Crippen molar-refractivity contribution >= 4 is 15.5 Å². The Labute approximate surface area is 101 Å². The van der Waals surface area contributed by atoms with Crippen LogP contribution < -0.4 is 15.8 Å². The SMILES string of the molecule is CC1CNc2cc(S(=O)(=O)CCN)ccc2O1. The lowest BCUT2D eigenvalue weighted by Crippen LogP contribution is -2.27. The highest BCUT2D eigenvalue weighted by atomic mass is 32.2. The van der Waals surface area contributed by atoms with Gasteiger partial charge >= 0.3 is 0 Å². The fourth-order valence-electron chi connectivity index (χ4n) is 1.73. The maximum Gasteiger partial charge on any atom is 0.179 e. The van der Waals surface area contributed by atoms with Gasteiger partial charge in [-0.25, -0.2) is 8.42 Å². The van der Waals surface area contributed by atoms with Crippen LogP contribution >= 0.6 is 0 Å². The first-order chi connectivity index (χ1) is 8.03. The average Bonchev–Trinajstić information content (AvgIpc) is 2.28. The molecule has 1 aliphatic rings. The predicted molar refractivity (Wildman–Crippen MR) is 66.1 cm³/mol. The molecule has 0 aliphatic carbocycles. The number of anilines is 1. The van der Waals surface area contributed by atoms with Gasteiger partial charge in [0.1, 0.15) is 11.9 Å². The van der Waals surface area contributed by atoms with E-state index >= 15 is 0 Å². The van der Waals surface area contributed by atoms with Gasteiger partial charge in [-0.3, -0.25) is 0 Å². The van der Waals surface area contributed by atoms with Crippen LogP contribution in [0, 0.1) is 0 Å². The first kappa shape index (κ1) is 12.2. The Morgan fingerprint density at radius 1 is 1.53 bits per heavy atom. The summed E-state index contributed by atoms with van der Waals surface area (Å²) in [6.07, 6.45) is 0.0917. The summed E-state index contributed by atoms with van der Waals surface area (Å²) in [6.45, 7) is 2.75. The summed E-state index contributed by atoms with van der Waals surface area (Å²) in [6, 6.07) is 4.84. The average molecular weight is 256 g/mol. The highest BCUT2D eigenvalue weighted by Gasteiger charge is 2.19. The molecule has 1 aromatic rings. The van der Waals surface area contributed by atoms with Crippen LogP contribution in [-0.4, -0.2) is 33.4 Å². The van der Waals surface area contributed by atoms with Gasteiger partial charge in [0.05, 0.1) is 22.9 Å². The smallest absolute Gasteiger partial charge is 0.179 e. The quantitative estimate of drug-likeness (QED) is 0.828. The molecular formula is C11H16N2O3S. The number of hydrogen-bond acceptors (Lipinski definition) is 5. The monoisotopic (exact) mass is 256 g/mol. The summed E-state index contributed by atoms with van der Waals surface area (Å²) in [4.78, 5) is 0.285. The first-order valence-corrected chi connectivity index (χ1v) is 7.15. The van der Waals surface area contributed by atoms with E-state index in [1.807, 2.05) is 6.92 Å². The lowest BCUT2D eigenvalue weighted by molar-refractivity contribution is 0.226. The summed E-state index contributed by atoms with van der Waals surface area (Å²) < 4.78 is 29.2. The van der Waals surface area contributed by atoms with Gasteiger partial charge in [0.15, 0.2) is 9.84 Å². The molecule has 0 aromatic heterocycles. The third kappa shape index (κ3) is 2.53. The normalized spacial score (nSPS) is 19.1. The first-order valence-electron chi connectivity index (χ1n) is 5.50. The number of sulfone groups is 1. The van der Waals surface area contributed by atoms with Crippen LogP contribution in [0.25, 0.3) is 0 Å². The van der Waals surface area contributed by atoms with E-state index in [1.165, 1.54) is 0 Å². The summed E-state index contributed by atoms with van der Waals surface area (Å²) >= 11 is 0. The van der Waals surface area contributed by atoms with Crippen LogP contribution in [0.3, 0.4) is 0 Å². The molecule has 6 heteroatoms. The van der Waals surface area contributed by atoms with E-state index < -0.39 is 9.84 Å². The second kappa shape index (κ2) is 4.54. The number of benzene rings is 1. The van der Waals surface area contributed by atoms with Crippen molar-refractivity contribution in [2.24, 2.45) is 5.73 Å². The zero-order chi connectivity index (χ0) is 12.5. The lowest BCUT2D eigenvalue weighted by Gasteiger charge is -2.25. The Hall–Kier alpha value is -1.27. The molecule has 0 bridgehead atoms. The topological polar surface area (TPSA) is 81.4 Å². The highest BCUT2D eigenvalue weighted by molar-refractivity contribution is 7.91. The molecular weight excluding hydrogens is 240 g/mol. The number of nitrogens with one attached hydrogen (secondary N) is 1. The number of fused-ring (bicyclic) bond motifs is 1. The molecule has 5 nitrogen and oxygen atoms in total. The van der Waals surface area contributed by atoms with Crippen molar-refractivity contribution in [3.8, 4) is 5.75 Å². The van der Waals surface area contributed by atoms with Crippen molar-refractivity contribution in [1.29, 1.82) is 0 Å². The van der Waals surface area contributed by atoms with Crippen LogP contribution in [0.5, 0.6) is 5.75 Å². The van der Waals surface area contributed by atoms with Crippen molar-refractivity contribution in [3.05, 3.63) is 18.2 Å². The Bertz CT molecular complexity index is 513. The third-order valence-electron chi connectivity index (χ3n) is 2.60. The largest absolute Gasteiger partial charge is 0.487 e. The third-order valence-corrected chi connectivity index (χ3v) is 4.35. The predicted octanol–water partition coefficient (Wildman–Crippen LogP) is 0.612. The van der Waals surface area contributed by atoms with E-state index in [2.05, 4.69) is 5.32 Å². The van der Waals surface area contributed by atoms with Crippen molar-refractivity contribution in [3.63, 3.8) is 0 Å². The minimum absolute atomic E-state index is 0.0386. The molecule has 0 amide bonds. The molecule has 1 aliphatic heterocycles. The number of hydrogen-bond donors (Lipinski definition) is 2. The molecule has 0 saturated carbocycles. The minimum atomic E-state index is -3.28. The molecule has 2 rings (SSSR count). The van der Waals surface area contributed by atoms with Gasteiger partial charge in [-0.2, -0.15) is 0 Å². The van der Waals surface area contributed by atoms with Crippen molar-refractivity contribution in [2.75, 3.05) is 24.2 Å². The fraction of sp³-hybridized carbons (Fsp3) is 0.455. The molecule has 0 radical (unpaired) electrons. The lowest BCUT2D eigenvalue weighted by atomic mass is 10.2. The molecule has 1 aromatic carbocycles. The summed E-state index contributed by atoms with van der Waals surface area (Å²) in [5.74, 6) is 0.652. The van der Waals surface area contributed by atoms with Gasteiger partial charge < -0.3 is 15.8 Å². The standard InChI is InChI=1S/C11H16N2O3S/c1-8-7-13-10-6-9(2-3-11(10)16-8)17(14,15)5-4-12/h2-3,6,8,13H,4-5,7,12H2,1H3. The van der Waals surface area contributed by atoms with Gasteiger partial charge in [-0.15, -0.1) is 0 Å². The zero-order valence-electron chi connectivity index (χ0n) is 9.64. The molecule has 1 heterocycles. The molecule has 3 N–H and O–H groups in total. The van der Waals surface area contributed by atoms with Gasteiger partial charge in [0, 0.05) is 6.54 Å². The van der Waals surface area contributed by atoms with Gasteiger partial charge in [-0.05, 0) is 25.1 Å². The van der Waals surface area contributed by atoms with Crippen LogP contribution in [0.1, 0.15) is 6.92 Å².